The number of thiazole rings is 1. The lowest BCUT2D eigenvalue weighted by atomic mass is 10.2. The van der Waals surface area contributed by atoms with Crippen LogP contribution in [0.3, 0.4) is 0 Å². The monoisotopic (exact) mass is 497 g/mol. The fraction of sp³-hybridized carbons (Fsp3) is 0.167. The zero-order valence-electron chi connectivity index (χ0n) is 18.6. The molecule has 4 aromatic rings. The predicted molar refractivity (Wildman–Crippen MR) is 130 cm³/mol. The lowest BCUT2D eigenvalue weighted by molar-refractivity contribution is 0.102. The minimum absolute atomic E-state index is 0.0881. The lowest BCUT2D eigenvalue weighted by Crippen LogP contribution is -2.26. The zero-order valence-corrected chi connectivity index (χ0v) is 20.2. The van der Waals surface area contributed by atoms with E-state index in [1.807, 2.05) is 36.6 Å². The second-order valence-electron chi connectivity index (χ2n) is 7.31. The molecule has 0 saturated heterocycles. The van der Waals surface area contributed by atoms with Gasteiger partial charge in [-0.15, -0.1) is 11.3 Å². The van der Waals surface area contributed by atoms with Gasteiger partial charge < -0.3 is 9.15 Å². The second kappa shape index (κ2) is 10.2. The molecule has 2 aromatic heterocycles. The quantitative estimate of drug-likeness (QED) is 0.354. The van der Waals surface area contributed by atoms with Gasteiger partial charge in [0.2, 0.25) is 10.0 Å². The fourth-order valence-electron chi connectivity index (χ4n) is 3.19. The Morgan fingerprint density at radius 2 is 1.85 bits per heavy atom. The van der Waals surface area contributed by atoms with E-state index in [0.717, 1.165) is 17.0 Å². The van der Waals surface area contributed by atoms with E-state index in [0.29, 0.717) is 23.1 Å². The molecule has 0 saturated carbocycles. The maximum absolute atomic E-state index is 12.8. The maximum Gasteiger partial charge on any atom is 0.257 e. The highest BCUT2D eigenvalue weighted by Crippen LogP contribution is 2.27. The SMILES string of the molecule is CCOc1ccc(-c2csc(NC(=O)c3ccc(S(=O)(=O)N(C)Cc4ccco4)cc3)n2)cc1. The standard InChI is InChI=1S/C24H23N3O5S2/c1-3-31-19-10-6-17(7-11-19)22-16-33-24(25-22)26-23(28)18-8-12-21(13-9-18)34(29,30)27(2)15-20-5-4-14-32-20/h4-14,16H,3,15H2,1-2H3,(H,25,26,28). The van der Waals surface area contributed by atoms with Crippen LogP contribution in [0.2, 0.25) is 0 Å². The van der Waals surface area contributed by atoms with E-state index < -0.39 is 10.0 Å². The summed E-state index contributed by atoms with van der Waals surface area (Å²) in [7, 11) is -2.25. The normalized spacial score (nSPS) is 11.5. The molecule has 2 heterocycles. The van der Waals surface area contributed by atoms with Gasteiger partial charge >= 0.3 is 0 Å². The van der Waals surface area contributed by atoms with Crippen molar-refractivity contribution in [1.82, 2.24) is 9.29 Å². The maximum atomic E-state index is 12.8. The van der Waals surface area contributed by atoms with E-state index in [-0.39, 0.29) is 17.3 Å². The van der Waals surface area contributed by atoms with Crippen LogP contribution < -0.4 is 10.1 Å². The summed E-state index contributed by atoms with van der Waals surface area (Å²) in [6.07, 6.45) is 1.49. The Kier molecular flexibility index (Phi) is 7.11. The molecule has 10 heteroatoms. The molecule has 8 nitrogen and oxygen atoms in total. The van der Waals surface area contributed by atoms with Gasteiger partial charge in [0.1, 0.15) is 11.5 Å². The molecular formula is C24H23N3O5S2. The molecule has 1 amide bonds. The number of hydrogen-bond acceptors (Lipinski definition) is 7. The molecule has 0 aliphatic carbocycles. The average Bonchev–Trinajstić information content (AvgIpc) is 3.52. The number of benzene rings is 2. The van der Waals surface area contributed by atoms with Crippen LogP contribution >= 0.6 is 11.3 Å². The largest absolute Gasteiger partial charge is 0.494 e. The summed E-state index contributed by atoms with van der Waals surface area (Å²) in [6, 6.07) is 16.8. The van der Waals surface area contributed by atoms with Gasteiger partial charge in [0.05, 0.1) is 30.0 Å². The van der Waals surface area contributed by atoms with Gasteiger partial charge in [-0.2, -0.15) is 4.31 Å². The lowest BCUT2D eigenvalue weighted by Gasteiger charge is -2.16. The first kappa shape index (κ1) is 23.7. The van der Waals surface area contributed by atoms with Crippen molar-refractivity contribution in [2.45, 2.75) is 18.4 Å². The highest BCUT2D eigenvalue weighted by atomic mass is 32.2. The number of aromatic nitrogens is 1. The van der Waals surface area contributed by atoms with Gasteiger partial charge in [0.15, 0.2) is 5.13 Å². The van der Waals surface area contributed by atoms with Crippen molar-refractivity contribution >= 4 is 32.4 Å². The summed E-state index contributed by atoms with van der Waals surface area (Å²) < 4.78 is 37.4. The third kappa shape index (κ3) is 5.36. The Morgan fingerprint density at radius 3 is 2.50 bits per heavy atom. The number of furan rings is 1. The zero-order chi connectivity index (χ0) is 24.1. The number of anilines is 1. The molecule has 0 fully saturated rings. The van der Waals surface area contributed by atoms with E-state index >= 15 is 0 Å². The van der Waals surface area contributed by atoms with Crippen molar-refractivity contribution in [3.63, 3.8) is 0 Å². The van der Waals surface area contributed by atoms with E-state index in [9.17, 15) is 13.2 Å². The van der Waals surface area contributed by atoms with Gasteiger partial charge in [0.25, 0.3) is 5.91 Å². The Labute approximate surface area is 201 Å². The highest BCUT2D eigenvalue weighted by molar-refractivity contribution is 7.89. The molecule has 0 spiro atoms. The molecule has 176 valence electrons. The first-order valence-electron chi connectivity index (χ1n) is 10.5. The molecule has 34 heavy (non-hydrogen) atoms. The number of ether oxygens (including phenoxy) is 1. The number of hydrogen-bond donors (Lipinski definition) is 1. The van der Waals surface area contributed by atoms with Crippen LogP contribution in [0.15, 0.2) is 81.6 Å². The summed E-state index contributed by atoms with van der Waals surface area (Å²) in [4.78, 5) is 17.2. The minimum atomic E-state index is -3.73. The molecule has 0 aliphatic rings. The number of amides is 1. The summed E-state index contributed by atoms with van der Waals surface area (Å²) in [5.41, 5.74) is 1.98. The summed E-state index contributed by atoms with van der Waals surface area (Å²) in [6.45, 7) is 2.63. The van der Waals surface area contributed by atoms with Gasteiger partial charge in [-0.3, -0.25) is 10.1 Å². The van der Waals surface area contributed by atoms with Crippen LogP contribution in [0.4, 0.5) is 5.13 Å². The fourth-order valence-corrected chi connectivity index (χ4v) is 5.04. The van der Waals surface area contributed by atoms with Crippen molar-refractivity contribution in [3.8, 4) is 17.0 Å². The Morgan fingerprint density at radius 1 is 1.12 bits per heavy atom. The first-order valence-corrected chi connectivity index (χ1v) is 12.8. The van der Waals surface area contributed by atoms with E-state index in [1.165, 1.54) is 53.2 Å². The van der Waals surface area contributed by atoms with Crippen LogP contribution in [0, 0.1) is 0 Å². The molecule has 0 atom stereocenters. The van der Waals surface area contributed by atoms with Gasteiger partial charge in [-0.05, 0) is 67.6 Å². The van der Waals surface area contributed by atoms with Crippen molar-refractivity contribution in [2.24, 2.45) is 0 Å². The highest BCUT2D eigenvalue weighted by Gasteiger charge is 2.22. The Bertz CT molecular complexity index is 1350. The molecule has 0 aliphatic heterocycles. The van der Waals surface area contributed by atoms with E-state index in [4.69, 9.17) is 9.15 Å². The van der Waals surface area contributed by atoms with Crippen molar-refractivity contribution < 1.29 is 22.4 Å². The molecule has 1 N–H and O–H groups in total. The van der Waals surface area contributed by atoms with Crippen molar-refractivity contribution in [3.05, 3.63) is 83.6 Å². The topological polar surface area (TPSA) is 102 Å². The van der Waals surface area contributed by atoms with Gasteiger partial charge in [-0.25, -0.2) is 13.4 Å². The van der Waals surface area contributed by atoms with Crippen LogP contribution in [-0.2, 0) is 16.6 Å². The van der Waals surface area contributed by atoms with Gasteiger partial charge in [-0.1, -0.05) is 0 Å². The number of nitrogens with one attached hydrogen (secondary N) is 1. The van der Waals surface area contributed by atoms with E-state index in [1.54, 1.807) is 12.1 Å². The minimum Gasteiger partial charge on any atom is -0.494 e. The molecule has 2 aromatic carbocycles. The molecular weight excluding hydrogens is 474 g/mol. The van der Waals surface area contributed by atoms with Crippen LogP contribution in [-0.4, -0.2) is 37.3 Å². The van der Waals surface area contributed by atoms with Crippen molar-refractivity contribution in [1.29, 1.82) is 0 Å². The number of rotatable bonds is 9. The number of nitrogens with zero attached hydrogens (tertiary/aromatic N) is 2. The van der Waals surface area contributed by atoms with E-state index in [2.05, 4.69) is 10.3 Å². The summed E-state index contributed by atoms with van der Waals surface area (Å²) in [5.74, 6) is 0.947. The van der Waals surface area contributed by atoms with Crippen LogP contribution in [0.5, 0.6) is 5.75 Å². The smallest absolute Gasteiger partial charge is 0.257 e. The number of sulfonamides is 1. The molecule has 4 rings (SSSR count). The summed E-state index contributed by atoms with van der Waals surface area (Å²) in [5, 5.41) is 5.07. The third-order valence-corrected chi connectivity index (χ3v) is 7.54. The molecule has 0 radical (unpaired) electrons. The summed E-state index contributed by atoms with van der Waals surface area (Å²) >= 11 is 1.31. The van der Waals surface area contributed by atoms with Gasteiger partial charge in [0, 0.05) is 23.6 Å². The Hall–Kier alpha value is -3.47. The first-order chi connectivity index (χ1) is 16.4. The third-order valence-electron chi connectivity index (χ3n) is 4.97. The van der Waals surface area contributed by atoms with Crippen LogP contribution in [0.1, 0.15) is 23.0 Å². The van der Waals surface area contributed by atoms with Crippen molar-refractivity contribution in [2.75, 3.05) is 19.0 Å². The molecule has 0 bridgehead atoms. The van der Waals surface area contributed by atoms with Crippen LogP contribution in [0.25, 0.3) is 11.3 Å². The Balaban J connectivity index is 1.41. The predicted octanol–water partition coefficient (Wildman–Crippen LogP) is 4.87. The second-order valence-corrected chi connectivity index (χ2v) is 10.2. The number of carbonyl (C=O) groups excluding carboxylic acids is 1. The average molecular weight is 498 g/mol. The number of carbonyl (C=O) groups is 1. The molecule has 0 unspecified atom stereocenters.